The summed E-state index contributed by atoms with van der Waals surface area (Å²) in [4.78, 5) is 14.7. The van der Waals surface area contributed by atoms with Crippen LogP contribution in [-0.4, -0.2) is 54.1 Å². The van der Waals surface area contributed by atoms with Crippen LogP contribution in [0.2, 0.25) is 5.02 Å². The average molecular weight is 493 g/mol. The van der Waals surface area contributed by atoms with Crippen molar-refractivity contribution in [3.05, 3.63) is 77.6 Å². The quantitative estimate of drug-likeness (QED) is 0.467. The van der Waals surface area contributed by atoms with E-state index < -0.39 is 16.1 Å². The van der Waals surface area contributed by atoms with Gasteiger partial charge in [-0.3, -0.25) is 4.79 Å². The maximum absolute atomic E-state index is 13.1. The lowest BCUT2D eigenvalue weighted by Crippen LogP contribution is -2.47. The Labute approximate surface area is 197 Å². The van der Waals surface area contributed by atoms with Gasteiger partial charge in [-0.25, -0.2) is 13.1 Å². The first-order chi connectivity index (χ1) is 15.3. The third kappa shape index (κ3) is 6.35. The maximum Gasteiger partial charge on any atom is 0.241 e. The first-order valence-corrected chi connectivity index (χ1v) is 13.2. The molecule has 32 heavy (non-hydrogen) atoms. The molecule has 3 rings (SSSR count). The molecule has 1 aromatic heterocycles. The van der Waals surface area contributed by atoms with Crippen LogP contribution >= 0.6 is 23.4 Å². The minimum Gasteiger partial charge on any atom is -0.340 e. The Morgan fingerprint density at radius 3 is 2.53 bits per heavy atom. The lowest BCUT2D eigenvalue weighted by atomic mass is 10.2. The summed E-state index contributed by atoms with van der Waals surface area (Å²) >= 11 is 7.41. The number of hydrogen-bond acceptors (Lipinski definition) is 5. The van der Waals surface area contributed by atoms with Crippen molar-refractivity contribution in [2.45, 2.75) is 23.9 Å². The van der Waals surface area contributed by atoms with Crippen molar-refractivity contribution in [1.29, 1.82) is 0 Å². The molecule has 1 atom stereocenters. The number of aromatic nitrogens is 2. The van der Waals surface area contributed by atoms with Crippen molar-refractivity contribution in [2.75, 3.05) is 19.1 Å². The van der Waals surface area contributed by atoms with Crippen LogP contribution < -0.4 is 4.72 Å². The fraction of sp³-hybridized carbons (Fsp3) is 0.273. The fourth-order valence-electron chi connectivity index (χ4n) is 3.12. The van der Waals surface area contributed by atoms with E-state index >= 15 is 0 Å². The van der Waals surface area contributed by atoms with Gasteiger partial charge in [-0.2, -0.15) is 21.6 Å². The highest BCUT2D eigenvalue weighted by Crippen LogP contribution is 2.16. The smallest absolute Gasteiger partial charge is 0.241 e. The lowest BCUT2D eigenvalue weighted by molar-refractivity contribution is -0.132. The molecular formula is C22H25ClN4O3S2. The van der Waals surface area contributed by atoms with Gasteiger partial charge in [0.2, 0.25) is 15.9 Å². The van der Waals surface area contributed by atoms with Crippen LogP contribution in [0.3, 0.4) is 0 Å². The Kier molecular flexibility index (Phi) is 8.36. The molecule has 1 heterocycles. The number of nitrogens with zero attached hydrogens (tertiary/aromatic N) is 3. The molecule has 1 amide bonds. The van der Waals surface area contributed by atoms with Crippen LogP contribution in [0.1, 0.15) is 12.0 Å². The summed E-state index contributed by atoms with van der Waals surface area (Å²) in [5.74, 6) is 0.336. The average Bonchev–Trinajstić information content (AvgIpc) is 3.25. The summed E-state index contributed by atoms with van der Waals surface area (Å²) in [6, 6.07) is 14.6. The summed E-state index contributed by atoms with van der Waals surface area (Å²) in [5, 5.41) is 4.79. The normalized spacial score (nSPS) is 12.5. The Balaban J connectivity index is 1.72. The molecule has 3 aromatic rings. The van der Waals surface area contributed by atoms with Gasteiger partial charge in [0, 0.05) is 30.4 Å². The van der Waals surface area contributed by atoms with Crippen molar-refractivity contribution >= 4 is 39.3 Å². The third-order valence-corrected chi connectivity index (χ3v) is 7.17. The van der Waals surface area contributed by atoms with Crippen LogP contribution in [0, 0.1) is 0 Å². The molecule has 0 aliphatic rings. The van der Waals surface area contributed by atoms with E-state index in [1.54, 1.807) is 29.7 Å². The van der Waals surface area contributed by atoms with Crippen LogP contribution in [0.25, 0.3) is 5.69 Å². The topological polar surface area (TPSA) is 84.3 Å². The minimum absolute atomic E-state index is 0.0654. The van der Waals surface area contributed by atoms with Crippen LogP contribution in [0.15, 0.2) is 71.9 Å². The second-order valence-corrected chi connectivity index (χ2v) is 10.4. The third-order valence-electron chi connectivity index (χ3n) is 4.78. The molecule has 0 aliphatic heterocycles. The molecule has 10 heteroatoms. The van der Waals surface area contributed by atoms with Gasteiger partial charge in [-0.15, -0.1) is 0 Å². The number of rotatable bonds is 10. The molecule has 0 aliphatic carbocycles. The molecule has 1 N–H and O–H groups in total. The van der Waals surface area contributed by atoms with Gasteiger partial charge in [0.25, 0.3) is 0 Å². The van der Waals surface area contributed by atoms with E-state index in [0.717, 1.165) is 11.3 Å². The number of thioether (sulfide) groups is 1. The molecule has 0 fully saturated rings. The Hall–Kier alpha value is -2.33. The number of nitrogens with one attached hydrogen (secondary N) is 1. The summed E-state index contributed by atoms with van der Waals surface area (Å²) in [7, 11) is -2.21. The predicted molar refractivity (Wildman–Crippen MR) is 129 cm³/mol. The predicted octanol–water partition coefficient (Wildman–Crippen LogP) is 3.58. The number of para-hydroxylation sites is 1. The van der Waals surface area contributed by atoms with Gasteiger partial charge < -0.3 is 4.90 Å². The van der Waals surface area contributed by atoms with E-state index in [4.69, 9.17) is 11.6 Å². The second kappa shape index (κ2) is 11.0. The maximum atomic E-state index is 13.1. The van der Waals surface area contributed by atoms with E-state index in [0.29, 0.717) is 23.7 Å². The summed E-state index contributed by atoms with van der Waals surface area (Å²) < 4.78 is 29.9. The first-order valence-electron chi connectivity index (χ1n) is 9.91. The molecule has 0 bridgehead atoms. The SMILES string of the molecule is CSCCC(NS(=O)(=O)c1ccc(Cl)cc1)C(=O)N(C)Cc1cnn(-c2ccccc2)c1. The second-order valence-electron chi connectivity index (χ2n) is 7.23. The van der Waals surface area contributed by atoms with E-state index in [1.165, 1.54) is 29.2 Å². The Morgan fingerprint density at radius 2 is 1.88 bits per heavy atom. The van der Waals surface area contributed by atoms with Crippen LogP contribution in [0.5, 0.6) is 0 Å². The number of halogens is 1. The molecular weight excluding hydrogens is 468 g/mol. The number of amides is 1. The van der Waals surface area contributed by atoms with E-state index in [1.807, 2.05) is 42.8 Å². The minimum atomic E-state index is -3.87. The van der Waals surface area contributed by atoms with Crippen molar-refractivity contribution in [1.82, 2.24) is 19.4 Å². The Morgan fingerprint density at radius 1 is 1.19 bits per heavy atom. The molecule has 0 saturated carbocycles. The summed E-state index contributed by atoms with van der Waals surface area (Å²) in [6.07, 6.45) is 5.84. The number of carbonyl (C=O) groups is 1. The van der Waals surface area contributed by atoms with Gasteiger partial charge in [0.05, 0.1) is 16.8 Å². The molecule has 0 spiro atoms. The number of likely N-dealkylation sites (N-methyl/N-ethyl adjacent to an activating group) is 1. The Bertz CT molecular complexity index is 1140. The highest BCUT2D eigenvalue weighted by Gasteiger charge is 2.28. The number of benzene rings is 2. The van der Waals surface area contributed by atoms with E-state index in [2.05, 4.69) is 9.82 Å². The molecule has 0 saturated heterocycles. The highest BCUT2D eigenvalue weighted by molar-refractivity contribution is 7.98. The monoisotopic (exact) mass is 492 g/mol. The zero-order valence-corrected chi connectivity index (χ0v) is 20.2. The van der Waals surface area contributed by atoms with Gasteiger partial charge >= 0.3 is 0 Å². The molecule has 0 radical (unpaired) electrons. The van der Waals surface area contributed by atoms with Crippen LogP contribution in [-0.2, 0) is 21.4 Å². The summed E-state index contributed by atoms with van der Waals surface area (Å²) in [6.45, 7) is 0.310. The van der Waals surface area contributed by atoms with Gasteiger partial charge in [0.1, 0.15) is 6.04 Å². The van der Waals surface area contributed by atoms with Gasteiger partial charge in [0.15, 0.2) is 0 Å². The van der Waals surface area contributed by atoms with Crippen molar-refractivity contribution in [3.8, 4) is 5.69 Å². The van der Waals surface area contributed by atoms with Crippen LogP contribution in [0.4, 0.5) is 0 Å². The molecule has 2 aromatic carbocycles. The summed E-state index contributed by atoms with van der Waals surface area (Å²) in [5.41, 5.74) is 1.76. The first kappa shape index (κ1) is 24.3. The lowest BCUT2D eigenvalue weighted by Gasteiger charge is -2.24. The van der Waals surface area contributed by atoms with E-state index in [9.17, 15) is 13.2 Å². The number of sulfonamides is 1. The standard InChI is InChI=1S/C22H25ClN4O3S2/c1-26(15-17-14-24-27(16-17)19-6-4-3-5-7-19)22(28)21(12-13-31-2)25-32(29,30)20-10-8-18(23)9-11-20/h3-11,14,16,21,25H,12-13,15H2,1-2H3. The van der Waals surface area contributed by atoms with Gasteiger partial charge in [-0.05, 0) is 54.8 Å². The number of hydrogen-bond donors (Lipinski definition) is 1. The van der Waals surface area contributed by atoms with Gasteiger partial charge in [-0.1, -0.05) is 29.8 Å². The molecule has 170 valence electrons. The zero-order valence-electron chi connectivity index (χ0n) is 17.8. The molecule has 7 nitrogen and oxygen atoms in total. The molecule has 1 unspecified atom stereocenters. The van der Waals surface area contributed by atoms with Crippen molar-refractivity contribution in [3.63, 3.8) is 0 Å². The largest absolute Gasteiger partial charge is 0.340 e. The van der Waals surface area contributed by atoms with Crippen molar-refractivity contribution in [2.24, 2.45) is 0 Å². The fourth-order valence-corrected chi connectivity index (χ4v) is 4.94. The highest BCUT2D eigenvalue weighted by atomic mass is 35.5. The number of carbonyl (C=O) groups excluding carboxylic acids is 1. The zero-order chi connectivity index (χ0) is 23.1. The van der Waals surface area contributed by atoms with Crippen molar-refractivity contribution < 1.29 is 13.2 Å². The van der Waals surface area contributed by atoms with E-state index in [-0.39, 0.29) is 10.8 Å².